The summed E-state index contributed by atoms with van der Waals surface area (Å²) >= 11 is 0. The number of aromatic amines is 1. The summed E-state index contributed by atoms with van der Waals surface area (Å²) < 4.78 is 7.74. The van der Waals surface area contributed by atoms with Crippen LogP contribution < -0.4 is 5.56 Å². The van der Waals surface area contributed by atoms with Crippen molar-refractivity contribution in [3.63, 3.8) is 0 Å². The summed E-state index contributed by atoms with van der Waals surface area (Å²) in [5, 5.41) is 10.6. The van der Waals surface area contributed by atoms with E-state index in [4.69, 9.17) is 4.74 Å². The molecule has 27 heavy (non-hydrogen) atoms. The summed E-state index contributed by atoms with van der Waals surface area (Å²) in [4.78, 5) is 28.1. The van der Waals surface area contributed by atoms with E-state index in [0.29, 0.717) is 38.2 Å². The first kappa shape index (κ1) is 19.2. The van der Waals surface area contributed by atoms with Crippen molar-refractivity contribution in [3.05, 3.63) is 46.1 Å². The first-order valence-electron chi connectivity index (χ1n) is 9.03. The van der Waals surface area contributed by atoms with Gasteiger partial charge in [-0.15, -0.1) is 0 Å². The highest BCUT2D eigenvalue weighted by Crippen LogP contribution is 2.30. The fraction of sp³-hybridized carbons (Fsp3) is 0.556. The molecule has 1 fully saturated rings. The number of likely N-dealkylation sites (N-methyl/N-ethyl adjacent to an activating group) is 1. The average molecular weight is 374 g/mol. The minimum atomic E-state index is -0.249. The lowest BCUT2D eigenvalue weighted by Crippen LogP contribution is -2.51. The number of amides is 1. The average Bonchev–Trinajstić information content (AvgIpc) is 3.06. The predicted molar refractivity (Wildman–Crippen MR) is 99.1 cm³/mol. The highest BCUT2D eigenvalue weighted by molar-refractivity contribution is 5.77. The highest BCUT2D eigenvalue weighted by atomic mass is 16.5. The Balaban J connectivity index is 1.76. The molecule has 9 heteroatoms. The van der Waals surface area contributed by atoms with E-state index >= 15 is 0 Å². The molecule has 0 aromatic carbocycles. The first-order chi connectivity index (χ1) is 12.9. The summed E-state index contributed by atoms with van der Waals surface area (Å²) in [7, 11) is 5.85. The molecule has 0 aliphatic carbocycles. The van der Waals surface area contributed by atoms with Gasteiger partial charge < -0.3 is 14.5 Å². The van der Waals surface area contributed by atoms with Crippen molar-refractivity contribution in [2.75, 3.05) is 33.8 Å². The van der Waals surface area contributed by atoms with Gasteiger partial charge in [-0.1, -0.05) is 0 Å². The molecule has 1 saturated heterocycles. The zero-order chi connectivity index (χ0) is 19.4. The van der Waals surface area contributed by atoms with Crippen molar-refractivity contribution >= 4 is 5.91 Å². The van der Waals surface area contributed by atoms with Crippen LogP contribution in [0.2, 0.25) is 0 Å². The molecule has 3 rings (SSSR count). The summed E-state index contributed by atoms with van der Waals surface area (Å²) in [5.74, 6) is 0.0453. The van der Waals surface area contributed by atoms with Crippen LogP contribution in [0.3, 0.4) is 0 Å². The largest absolute Gasteiger partial charge is 0.373 e. The van der Waals surface area contributed by atoms with Gasteiger partial charge in [0.05, 0.1) is 30.6 Å². The minimum Gasteiger partial charge on any atom is -0.373 e. The van der Waals surface area contributed by atoms with Crippen molar-refractivity contribution in [1.82, 2.24) is 29.8 Å². The van der Waals surface area contributed by atoms with Gasteiger partial charge in [0.15, 0.2) is 0 Å². The third-order valence-electron chi connectivity index (χ3n) is 4.62. The molecule has 2 aromatic rings. The molecule has 0 saturated carbocycles. The van der Waals surface area contributed by atoms with E-state index in [1.54, 1.807) is 16.9 Å². The molecular weight excluding hydrogens is 348 g/mol. The minimum absolute atomic E-state index is 0.0453. The second-order valence-corrected chi connectivity index (χ2v) is 7.06. The second kappa shape index (κ2) is 8.45. The highest BCUT2D eigenvalue weighted by Gasteiger charge is 2.37. The summed E-state index contributed by atoms with van der Waals surface area (Å²) in [6.45, 7) is 1.77. The SMILES string of the molecule is CN(C)C[C@@H]1OCCN(C(=O)CCc2ccc(=O)[nH]n2)[C@H]1c1cnn(C)c1. The fourth-order valence-corrected chi connectivity index (χ4v) is 3.40. The number of morpholine rings is 1. The number of aromatic nitrogens is 4. The van der Waals surface area contributed by atoms with E-state index < -0.39 is 0 Å². The lowest BCUT2D eigenvalue weighted by molar-refractivity contribution is -0.148. The molecule has 1 N–H and O–H groups in total. The topological polar surface area (TPSA) is 96.3 Å². The lowest BCUT2D eigenvalue weighted by atomic mass is 9.99. The Kier molecular flexibility index (Phi) is 6.02. The number of carbonyl (C=O) groups is 1. The number of H-pyrrole nitrogens is 1. The standard InChI is InChI=1S/C18H26N6O3/c1-22(2)12-15-18(13-10-19-23(3)11-13)24(8-9-27-15)17(26)7-5-14-4-6-16(25)21-20-14/h4,6,10-11,15,18H,5,7-9,12H2,1-3H3,(H,21,25)/t15-,18-/m0/s1. The van der Waals surface area contributed by atoms with Crippen LogP contribution in [0, 0.1) is 0 Å². The monoisotopic (exact) mass is 374 g/mol. The number of rotatable bonds is 6. The molecule has 1 aliphatic rings. The van der Waals surface area contributed by atoms with Gasteiger partial charge in [-0.2, -0.15) is 10.2 Å². The summed E-state index contributed by atoms with van der Waals surface area (Å²) in [5.41, 5.74) is 1.42. The number of carbonyl (C=O) groups excluding carboxylic acids is 1. The normalized spacial score (nSPS) is 20.2. The maximum absolute atomic E-state index is 13.0. The van der Waals surface area contributed by atoms with Crippen LogP contribution in [-0.2, 0) is 23.0 Å². The van der Waals surface area contributed by atoms with E-state index in [9.17, 15) is 9.59 Å². The Morgan fingerprint density at radius 1 is 1.41 bits per heavy atom. The number of nitrogens with zero attached hydrogens (tertiary/aromatic N) is 5. The summed E-state index contributed by atoms with van der Waals surface area (Å²) in [6.07, 6.45) is 4.42. The third kappa shape index (κ3) is 4.81. The molecule has 146 valence electrons. The molecule has 0 radical (unpaired) electrons. The van der Waals surface area contributed by atoms with Gasteiger partial charge in [0.25, 0.3) is 5.56 Å². The maximum Gasteiger partial charge on any atom is 0.264 e. The number of aryl methyl sites for hydroxylation is 2. The van der Waals surface area contributed by atoms with Crippen LogP contribution in [0.5, 0.6) is 0 Å². The molecule has 9 nitrogen and oxygen atoms in total. The Labute approximate surface area is 157 Å². The molecular formula is C18H26N6O3. The number of nitrogens with one attached hydrogen (secondary N) is 1. The van der Waals surface area contributed by atoms with Gasteiger partial charge in [0, 0.05) is 50.8 Å². The zero-order valence-corrected chi connectivity index (χ0v) is 16.0. The molecule has 0 unspecified atom stereocenters. The second-order valence-electron chi connectivity index (χ2n) is 7.06. The van der Waals surface area contributed by atoms with E-state index in [1.807, 2.05) is 32.2 Å². The van der Waals surface area contributed by atoms with E-state index in [-0.39, 0.29) is 23.6 Å². The van der Waals surface area contributed by atoms with Gasteiger partial charge in [-0.25, -0.2) is 5.10 Å². The third-order valence-corrected chi connectivity index (χ3v) is 4.62. The number of hydrogen-bond donors (Lipinski definition) is 1. The van der Waals surface area contributed by atoms with E-state index in [1.165, 1.54) is 6.07 Å². The van der Waals surface area contributed by atoms with Crippen molar-refractivity contribution in [1.29, 1.82) is 0 Å². The Hall–Kier alpha value is -2.52. The smallest absolute Gasteiger partial charge is 0.264 e. The van der Waals surface area contributed by atoms with Crippen molar-refractivity contribution < 1.29 is 9.53 Å². The lowest BCUT2D eigenvalue weighted by Gasteiger charge is -2.42. The van der Waals surface area contributed by atoms with Gasteiger partial charge in [-0.3, -0.25) is 14.3 Å². The predicted octanol–water partition coefficient (Wildman–Crippen LogP) is -0.0337. The van der Waals surface area contributed by atoms with Crippen LogP contribution in [0.4, 0.5) is 0 Å². The first-order valence-corrected chi connectivity index (χ1v) is 9.03. The van der Waals surface area contributed by atoms with Gasteiger partial charge in [-0.05, 0) is 20.2 Å². The molecule has 0 bridgehead atoms. The summed E-state index contributed by atoms with van der Waals surface area (Å²) in [6, 6.07) is 2.90. The molecule has 3 heterocycles. The molecule has 1 amide bonds. The number of ether oxygens (including phenoxy) is 1. The molecule has 2 aromatic heterocycles. The molecule has 2 atom stereocenters. The van der Waals surface area contributed by atoms with Crippen LogP contribution in [-0.4, -0.2) is 75.6 Å². The molecule has 0 spiro atoms. The van der Waals surface area contributed by atoms with E-state index in [2.05, 4.69) is 20.2 Å². The fourth-order valence-electron chi connectivity index (χ4n) is 3.40. The Morgan fingerprint density at radius 2 is 2.22 bits per heavy atom. The maximum atomic E-state index is 13.0. The number of hydrogen-bond acceptors (Lipinski definition) is 6. The van der Waals surface area contributed by atoms with Crippen LogP contribution in [0.25, 0.3) is 0 Å². The van der Waals surface area contributed by atoms with Crippen LogP contribution in [0.15, 0.2) is 29.3 Å². The van der Waals surface area contributed by atoms with Gasteiger partial charge in [0.2, 0.25) is 5.91 Å². The zero-order valence-electron chi connectivity index (χ0n) is 16.0. The van der Waals surface area contributed by atoms with Crippen molar-refractivity contribution in [2.24, 2.45) is 7.05 Å². The van der Waals surface area contributed by atoms with Gasteiger partial charge >= 0.3 is 0 Å². The van der Waals surface area contributed by atoms with Crippen LogP contribution >= 0.6 is 0 Å². The quantitative estimate of drug-likeness (QED) is 0.763. The molecule has 1 aliphatic heterocycles. The Morgan fingerprint density at radius 3 is 2.85 bits per heavy atom. The van der Waals surface area contributed by atoms with Crippen molar-refractivity contribution in [2.45, 2.75) is 25.0 Å². The Bertz CT molecular complexity index is 810. The van der Waals surface area contributed by atoms with Crippen molar-refractivity contribution in [3.8, 4) is 0 Å². The van der Waals surface area contributed by atoms with Gasteiger partial charge in [0.1, 0.15) is 0 Å². The van der Waals surface area contributed by atoms with Crippen LogP contribution in [0.1, 0.15) is 23.7 Å². The van der Waals surface area contributed by atoms with E-state index in [0.717, 1.165) is 5.56 Å².